The number of hydrogen-bond donors (Lipinski definition) is 1. The van der Waals surface area contributed by atoms with Gasteiger partial charge in [0.05, 0.1) is 0 Å². The van der Waals surface area contributed by atoms with Crippen LogP contribution < -0.4 is 5.32 Å². The number of aryl methyl sites for hydroxylation is 1. The van der Waals surface area contributed by atoms with Gasteiger partial charge in [-0.2, -0.15) is 0 Å². The van der Waals surface area contributed by atoms with Gasteiger partial charge in [0.15, 0.2) is 6.61 Å². The van der Waals surface area contributed by atoms with Gasteiger partial charge in [-0.1, -0.05) is 38.5 Å². The summed E-state index contributed by atoms with van der Waals surface area (Å²) in [7, 11) is 0. The van der Waals surface area contributed by atoms with Gasteiger partial charge in [0.2, 0.25) is 0 Å². The van der Waals surface area contributed by atoms with Gasteiger partial charge in [0.1, 0.15) is 6.04 Å². The topological polar surface area (TPSA) is 75.7 Å². The molecule has 0 radical (unpaired) electrons. The number of carbonyl (C=O) groups excluding carboxylic acids is 3. The third kappa shape index (κ3) is 6.08. The van der Waals surface area contributed by atoms with Crippen molar-refractivity contribution in [3.63, 3.8) is 0 Å². The van der Waals surface area contributed by atoms with E-state index in [4.69, 9.17) is 4.74 Å². The normalized spacial score (nSPS) is 18.1. The van der Waals surface area contributed by atoms with Crippen molar-refractivity contribution >= 4 is 17.8 Å². The van der Waals surface area contributed by atoms with Crippen molar-refractivity contribution < 1.29 is 19.1 Å². The first-order chi connectivity index (χ1) is 12.8. The summed E-state index contributed by atoms with van der Waals surface area (Å²) in [4.78, 5) is 38.9. The van der Waals surface area contributed by atoms with Crippen LogP contribution in [0.1, 0.15) is 49.5 Å². The number of nitrogens with one attached hydrogen (secondary N) is 1. The van der Waals surface area contributed by atoms with E-state index >= 15 is 0 Å². The Hall–Kier alpha value is -2.37. The van der Waals surface area contributed by atoms with Crippen LogP contribution in [0.4, 0.5) is 0 Å². The van der Waals surface area contributed by atoms with Gasteiger partial charge in [-0.3, -0.25) is 9.59 Å². The minimum Gasteiger partial charge on any atom is -0.454 e. The van der Waals surface area contributed by atoms with Gasteiger partial charge >= 0.3 is 5.97 Å². The second kappa shape index (κ2) is 9.53. The lowest BCUT2D eigenvalue weighted by molar-refractivity contribution is -0.155. The SMILES string of the molecule is Cc1cccc(C(=O)N[C@H](C(=O)OCC(=O)N2CCCC(C)C2)C(C)C)c1. The van der Waals surface area contributed by atoms with E-state index < -0.39 is 12.0 Å². The van der Waals surface area contributed by atoms with Gasteiger partial charge < -0.3 is 15.0 Å². The van der Waals surface area contributed by atoms with Crippen molar-refractivity contribution in [3.8, 4) is 0 Å². The number of piperidine rings is 1. The van der Waals surface area contributed by atoms with Gasteiger partial charge in [-0.25, -0.2) is 4.79 Å². The average molecular weight is 374 g/mol. The molecule has 1 fully saturated rings. The van der Waals surface area contributed by atoms with E-state index in [0.29, 0.717) is 24.6 Å². The third-order valence-electron chi connectivity index (χ3n) is 4.84. The molecule has 2 atom stereocenters. The number of nitrogens with zero attached hydrogens (tertiary/aromatic N) is 1. The summed E-state index contributed by atoms with van der Waals surface area (Å²) >= 11 is 0. The van der Waals surface area contributed by atoms with Gasteiger partial charge in [-0.15, -0.1) is 0 Å². The summed E-state index contributed by atoms with van der Waals surface area (Å²) in [5.74, 6) is -0.774. The van der Waals surface area contributed by atoms with Crippen LogP contribution in [0.15, 0.2) is 24.3 Å². The number of rotatable bonds is 6. The van der Waals surface area contributed by atoms with Crippen LogP contribution in [0.2, 0.25) is 0 Å². The first kappa shape index (κ1) is 20.9. The van der Waals surface area contributed by atoms with Crippen LogP contribution in [0.25, 0.3) is 0 Å². The van der Waals surface area contributed by atoms with Crippen molar-refractivity contribution in [2.75, 3.05) is 19.7 Å². The molecule has 1 unspecified atom stereocenters. The van der Waals surface area contributed by atoms with E-state index in [-0.39, 0.29) is 24.3 Å². The Labute approximate surface area is 161 Å². The summed E-state index contributed by atoms with van der Waals surface area (Å²) in [5.41, 5.74) is 1.46. The molecule has 0 aliphatic carbocycles. The Balaban J connectivity index is 1.92. The van der Waals surface area contributed by atoms with E-state index in [1.807, 2.05) is 26.8 Å². The fourth-order valence-corrected chi connectivity index (χ4v) is 3.24. The summed E-state index contributed by atoms with van der Waals surface area (Å²) in [6.07, 6.45) is 2.09. The number of hydrogen-bond acceptors (Lipinski definition) is 4. The number of carbonyl (C=O) groups is 3. The highest BCUT2D eigenvalue weighted by Gasteiger charge is 2.28. The maximum atomic E-state index is 12.5. The number of esters is 1. The molecule has 2 rings (SSSR count). The molecule has 2 amide bonds. The zero-order valence-corrected chi connectivity index (χ0v) is 16.7. The lowest BCUT2D eigenvalue weighted by Gasteiger charge is -2.31. The third-order valence-corrected chi connectivity index (χ3v) is 4.84. The Morgan fingerprint density at radius 2 is 2.04 bits per heavy atom. The predicted octanol–water partition coefficient (Wildman–Crippen LogP) is 2.55. The molecule has 0 saturated carbocycles. The lowest BCUT2D eigenvalue weighted by Crippen LogP contribution is -2.47. The maximum absolute atomic E-state index is 12.5. The van der Waals surface area contributed by atoms with Crippen LogP contribution in [0, 0.1) is 18.8 Å². The average Bonchev–Trinajstić information content (AvgIpc) is 2.63. The fourth-order valence-electron chi connectivity index (χ4n) is 3.24. The molecule has 1 heterocycles. The van der Waals surface area contributed by atoms with Crippen LogP contribution in [-0.4, -0.2) is 48.4 Å². The smallest absolute Gasteiger partial charge is 0.329 e. The standard InChI is InChI=1S/C21H30N2O4/c1-14(2)19(22-20(25)17-9-5-7-15(3)11-17)21(26)27-13-18(24)23-10-6-8-16(4)12-23/h5,7,9,11,14,16,19H,6,8,10,12-13H2,1-4H3,(H,22,25)/t16?,19-/m0/s1. The summed E-state index contributed by atoms with van der Waals surface area (Å²) in [5, 5.41) is 2.73. The quantitative estimate of drug-likeness (QED) is 0.777. The highest BCUT2D eigenvalue weighted by atomic mass is 16.5. The highest BCUT2D eigenvalue weighted by molar-refractivity contribution is 5.97. The van der Waals surface area contributed by atoms with Crippen LogP contribution in [0.3, 0.4) is 0 Å². The Kier molecular flexibility index (Phi) is 7.39. The van der Waals surface area contributed by atoms with Crippen LogP contribution in [0.5, 0.6) is 0 Å². The summed E-state index contributed by atoms with van der Waals surface area (Å²) < 4.78 is 5.23. The molecule has 1 aliphatic rings. The number of benzene rings is 1. The van der Waals surface area contributed by atoms with Gasteiger partial charge in [0.25, 0.3) is 11.8 Å². The molecular weight excluding hydrogens is 344 g/mol. The van der Waals surface area contributed by atoms with Crippen LogP contribution in [-0.2, 0) is 14.3 Å². The largest absolute Gasteiger partial charge is 0.454 e. The van der Waals surface area contributed by atoms with Crippen molar-refractivity contribution in [1.82, 2.24) is 10.2 Å². The van der Waals surface area contributed by atoms with Gasteiger partial charge in [-0.05, 0) is 43.7 Å². The van der Waals surface area contributed by atoms with Crippen molar-refractivity contribution in [2.24, 2.45) is 11.8 Å². The molecule has 0 bridgehead atoms. The Morgan fingerprint density at radius 1 is 1.30 bits per heavy atom. The molecule has 1 saturated heterocycles. The fraction of sp³-hybridized carbons (Fsp3) is 0.571. The zero-order valence-electron chi connectivity index (χ0n) is 16.7. The second-order valence-corrected chi connectivity index (χ2v) is 7.76. The number of ether oxygens (including phenoxy) is 1. The zero-order chi connectivity index (χ0) is 20.0. The molecule has 1 aliphatic heterocycles. The lowest BCUT2D eigenvalue weighted by atomic mass is 10.0. The molecule has 1 aromatic rings. The first-order valence-electron chi connectivity index (χ1n) is 9.60. The highest BCUT2D eigenvalue weighted by Crippen LogP contribution is 2.15. The predicted molar refractivity (Wildman–Crippen MR) is 103 cm³/mol. The molecular formula is C21H30N2O4. The molecule has 148 valence electrons. The first-order valence-corrected chi connectivity index (χ1v) is 9.60. The maximum Gasteiger partial charge on any atom is 0.329 e. The monoisotopic (exact) mass is 374 g/mol. The van der Waals surface area contributed by atoms with E-state index in [1.165, 1.54) is 0 Å². The number of likely N-dealkylation sites (tertiary alicyclic amines) is 1. The number of amides is 2. The summed E-state index contributed by atoms with van der Waals surface area (Å²) in [6.45, 7) is 8.80. The Morgan fingerprint density at radius 3 is 2.67 bits per heavy atom. The molecule has 1 aromatic carbocycles. The molecule has 0 aromatic heterocycles. The van der Waals surface area contributed by atoms with Gasteiger partial charge in [0, 0.05) is 18.7 Å². The van der Waals surface area contributed by atoms with E-state index in [1.54, 1.807) is 23.1 Å². The summed E-state index contributed by atoms with van der Waals surface area (Å²) in [6, 6.07) is 6.36. The second-order valence-electron chi connectivity index (χ2n) is 7.76. The van der Waals surface area contributed by atoms with E-state index in [9.17, 15) is 14.4 Å². The van der Waals surface area contributed by atoms with E-state index in [0.717, 1.165) is 18.4 Å². The molecule has 27 heavy (non-hydrogen) atoms. The van der Waals surface area contributed by atoms with Crippen LogP contribution >= 0.6 is 0 Å². The minimum atomic E-state index is -0.800. The Bertz CT molecular complexity index is 687. The van der Waals surface area contributed by atoms with E-state index in [2.05, 4.69) is 12.2 Å². The molecule has 1 N–H and O–H groups in total. The minimum absolute atomic E-state index is 0.156. The molecule has 6 heteroatoms. The molecule has 6 nitrogen and oxygen atoms in total. The van der Waals surface area contributed by atoms with Crippen molar-refractivity contribution in [2.45, 2.75) is 46.6 Å². The molecule has 0 spiro atoms. The van der Waals surface area contributed by atoms with Crippen molar-refractivity contribution in [3.05, 3.63) is 35.4 Å². The van der Waals surface area contributed by atoms with Crippen molar-refractivity contribution in [1.29, 1.82) is 0 Å².